The molecule has 2 aromatic rings. The second-order valence-electron chi connectivity index (χ2n) is 8.70. The fourth-order valence-corrected chi connectivity index (χ4v) is 4.20. The molecule has 0 bridgehead atoms. The van der Waals surface area contributed by atoms with Crippen LogP contribution in [0.3, 0.4) is 0 Å². The van der Waals surface area contributed by atoms with E-state index in [1.54, 1.807) is 56.6 Å². The molecule has 182 valence electrons. The Morgan fingerprint density at radius 3 is 2.47 bits per heavy atom. The van der Waals surface area contributed by atoms with Crippen LogP contribution in [0.1, 0.15) is 33.6 Å². The summed E-state index contributed by atoms with van der Waals surface area (Å²) in [5, 5.41) is 0. The first-order valence-electron chi connectivity index (χ1n) is 11.6. The first kappa shape index (κ1) is 23.9. The Morgan fingerprint density at radius 1 is 0.971 bits per heavy atom. The van der Waals surface area contributed by atoms with Crippen molar-refractivity contribution in [2.75, 3.05) is 54.1 Å². The van der Waals surface area contributed by atoms with Gasteiger partial charge < -0.3 is 28.7 Å². The molecule has 2 fully saturated rings. The van der Waals surface area contributed by atoms with E-state index in [1.165, 1.54) is 0 Å². The van der Waals surface area contributed by atoms with E-state index in [0.29, 0.717) is 67.1 Å². The molecule has 4 rings (SSSR count). The van der Waals surface area contributed by atoms with E-state index in [9.17, 15) is 9.59 Å². The third-order valence-corrected chi connectivity index (χ3v) is 6.26. The minimum Gasteiger partial charge on any atom is -0.497 e. The third kappa shape index (κ3) is 5.62. The maximum atomic E-state index is 13.3. The largest absolute Gasteiger partial charge is 0.497 e. The van der Waals surface area contributed by atoms with Crippen molar-refractivity contribution in [3.8, 4) is 17.2 Å². The third-order valence-electron chi connectivity index (χ3n) is 6.26. The number of nitrogens with zero attached hydrogens (tertiary/aromatic N) is 2. The summed E-state index contributed by atoms with van der Waals surface area (Å²) in [5.41, 5.74) is 1.12. The zero-order chi connectivity index (χ0) is 24.1. The van der Waals surface area contributed by atoms with Gasteiger partial charge in [0.05, 0.1) is 34.0 Å². The molecule has 0 N–H and O–H groups in total. The van der Waals surface area contributed by atoms with Gasteiger partial charge in [0.1, 0.15) is 5.75 Å². The number of ether oxygens (including phenoxy) is 4. The maximum Gasteiger partial charge on any atom is 0.254 e. The number of morpholine rings is 1. The van der Waals surface area contributed by atoms with Gasteiger partial charge in [-0.1, -0.05) is 6.07 Å². The van der Waals surface area contributed by atoms with E-state index in [2.05, 4.69) is 0 Å². The molecule has 2 aromatic carbocycles. The summed E-state index contributed by atoms with van der Waals surface area (Å²) in [7, 11) is 4.70. The number of carbonyl (C=O) groups excluding carboxylic acids is 2. The molecule has 0 spiro atoms. The Labute approximate surface area is 200 Å². The summed E-state index contributed by atoms with van der Waals surface area (Å²) in [6.45, 7) is 2.46. The first-order chi connectivity index (χ1) is 16.5. The lowest BCUT2D eigenvalue weighted by Crippen LogP contribution is -2.51. The molecule has 8 heteroatoms. The van der Waals surface area contributed by atoms with E-state index in [1.807, 2.05) is 17.0 Å². The van der Waals surface area contributed by atoms with Crippen LogP contribution in [0.5, 0.6) is 17.2 Å². The smallest absolute Gasteiger partial charge is 0.254 e. The van der Waals surface area contributed by atoms with Crippen molar-refractivity contribution in [3.05, 3.63) is 53.6 Å². The molecule has 1 atom stereocenters. The number of rotatable bonds is 9. The summed E-state index contributed by atoms with van der Waals surface area (Å²) in [6.07, 6.45) is 2.01. The molecule has 1 aliphatic heterocycles. The van der Waals surface area contributed by atoms with Crippen LogP contribution >= 0.6 is 0 Å². The minimum absolute atomic E-state index is 0.0438. The summed E-state index contributed by atoms with van der Waals surface area (Å²) in [6, 6.07) is 12.4. The van der Waals surface area contributed by atoms with Gasteiger partial charge in [-0.3, -0.25) is 9.59 Å². The van der Waals surface area contributed by atoms with Crippen LogP contribution in [0.2, 0.25) is 0 Å². The second-order valence-corrected chi connectivity index (χ2v) is 8.70. The molecule has 1 aliphatic carbocycles. The molecule has 0 radical (unpaired) electrons. The van der Waals surface area contributed by atoms with E-state index < -0.39 is 0 Å². The fourth-order valence-electron chi connectivity index (χ4n) is 4.20. The van der Waals surface area contributed by atoms with Gasteiger partial charge in [-0.2, -0.15) is 0 Å². The molecule has 8 nitrogen and oxygen atoms in total. The van der Waals surface area contributed by atoms with E-state index >= 15 is 0 Å². The molecule has 1 saturated heterocycles. The van der Waals surface area contributed by atoms with Crippen LogP contribution in [0, 0.1) is 5.92 Å². The minimum atomic E-state index is -0.258. The number of amides is 2. The van der Waals surface area contributed by atoms with Crippen LogP contribution in [-0.4, -0.2) is 81.8 Å². The van der Waals surface area contributed by atoms with Crippen LogP contribution < -0.4 is 14.2 Å². The van der Waals surface area contributed by atoms with Crippen LogP contribution in [-0.2, 0) is 4.74 Å². The van der Waals surface area contributed by atoms with Gasteiger partial charge in [0.2, 0.25) is 0 Å². The van der Waals surface area contributed by atoms with Gasteiger partial charge in [0.15, 0.2) is 11.5 Å². The number of benzene rings is 2. The lowest BCUT2D eigenvalue weighted by atomic mass is 10.1. The van der Waals surface area contributed by atoms with Crippen molar-refractivity contribution in [1.29, 1.82) is 0 Å². The Hall–Kier alpha value is -3.26. The Bertz CT molecular complexity index is 1020. The topological polar surface area (TPSA) is 77.5 Å². The average molecular weight is 469 g/mol. The van der Waals surface area contributed by atoms with Crippen molar-refractivity contribution in [3.63, 3.8) is 0 Å². The Morgan fingerprint density at radius 2 is 1.76 bits per heavy atom. The molecule has 1 heterocycles. The molecular weight excluding hydrogens is 436 g/mol. The predicted octanol–water partition coefficient (Wildman–Crippen LogP) is 3.11. The summed E-state index contributed by atoms with van der Waals surface area (Å²) in [5.74, 6) is 2.13. The van der Waals surface area contributed by atoms with Gasteiger partial charge in [-0.15, -0.1) is 0 Å². The molecule has 1 saturated carbocycles. The first-order valence-corrected chi connectivity index (χ1v) is 11.6. The Kier molecular flexibility index (Phi) is 7.57. The zero-order valence-corrected chi connectivity index (χ0v) is 20.0. The van der Waals surface area contributed by atoms with Crippen molar-refractivity contribution in [2.45, 2.75) is 18.9 Å². The van der Waals surface area contributed by atoms with Crippen LogP contribution in [0.25, 0.3) is 0 Å². The predicted molar refractivity (Wildman–Crippen MR) is 127 cm³/mol. The van der Waals surface area contributed by atoms with Gasteiger partial charge in [-0.05, 0) is 55.2 Å². The fraction of sp³-hybridized carbons (Fsp3) is 0.462. The molecule has 2 amide bonds. The van der Waals surface area contributed by atoms with Crippen molar-refractivity contribution < 1.29 is 28.5 Å². The summed E-state index contributed by atoms with van der Waals surface area (Å²) in [4.78, 5) is 30.2. The maximum absolute atomic E-state index is 13.3. The lowest BCUT2D eigenvalue weighted by Gasteiger charge is -2.36. The molecule has 1 unspecified atom stereocenters. The summed E-state index contributed by atoms with van der Waals surface area (Å²) < 4.78 is 21.9. The highest BCUT2D eigenvalue weighted by molar-refractivity contribution is 5.95. The second kappa shape index (κ2) is 10.8. The lowest BCUT2D eigenvalue weighted by molar-refractivity contribution is -0.0335. The van der Waals surface area contributed by atoms with Gasteiger partial charge in [0, 0.05) is 37.3 Å². The Balaban J connectivity index is 1.45. The monoisotopic (exact) mass is 468 g/mol. The van der Waals surface area contributed by atoms with Crippen molar-refractivity contribution >= 4 is 11.8 Å². The average Bonchev–Trinajstić information content (AvgIpc) is 3.71. The van der Waals surface area contributed by atoms with Gasteiger partial charge in [-0.25, -0.2) is 0 Å². The van der Waals surface area contributed by atoms with E-state index in [4.69, 9.17) is 18.9 Å². The number of carbonyl (C=O) groups is 2. The molecule has 0 aromatic heterocycles. The molecule has 2 aliphatic rings. The highest BCUT2D eigenvalue weighted by Crippen LogP contribution is 2.31. The quantitative estimate of drug-likeness (QED) is 0.563. The number of hydrogen-bond acceptors (Lipinski definition) is 6. The highest BCUT2D eigenvalue weighted by atomic mass is 16.5. The number of methoxy groups -OCH3 is 3. The number of hydrogen-bond donors (Lipinski definition) is 0. The molecular formula is C26H32N2O6. The van der Waals surface area contributed by atoms with Crippen molar-refractivity contribution in [1.82, 2.24) is 9.80 Å². The highest BCUT2D eigenvalue weighted by Gasteiger charge is 2.32. The van der Waals surface area contributed by atoms with Crippen LogP contribution in [0.15, 0.2) is 42.5 Å². The van der Waals surface area contributed by atoms with Gasteiger partial charge >= 0.3 is 0 Å². The molecule has 34 heavy (non-hydrogen) atoms. The SMILES string of the molecule is COc1cccc(C(=O)N(CC2CC2)CC2CN(C(=O)c3ccc(OC)c(OC)c3)CCO2)c1. The normalized spacial score (nSPS) is 17.7. The van der Waals surface area contributed by atoms with Gasteiger partial charge in [0.25, 0.3) is 11.8 Å². The summed E-state index contributed by atoms with van der Waals surface area (Å²) >= 11 is 0. The standard InChI is InChI=1S/C26H32N2O6/c1-31-21-6-4-5-19(13-21)26(30)28(15-18-7-8-18)17-22-16-27(11-12-34-22)25(29)20-9-10-23(32-2)24(14-20)33-3/h4-6,9-10,13-14,18,22H,7-8,11-12,15-17H2,1-3H3. The van der Waals surface area contributed by atoms with Crippen LogP contribution in [0.4, 0.5) is 0 Å². The zero-order valence-electron chi connectivity index (χ0n) is 20.0. The van der Waals surface area contributed by atoms with E-state index in [0.717, 1.165) is 12.8 Å². The van der Waals surface area contributed by atoms with E-state index in [-0.39, 0.29) is 17.9 Å². The van der Waals surface area contributed by atoms with Crippen molar-refractivity contribution in [2.24, 2.45) is 5.92 Å².